The molecule has 2 aliphatic rings. The average molecular weight is 235 g/mol. The highest BCUT2D eigenvalue weighted by atomic mass is 29.2. The van der Waals surface area contributed by atoms with E-state index in [0.717, 1.165) is 19.8 Å². The minimum Gasteiger partial charge on any atom is -0.376 e. The summed E-state index contributed by atoms with van der Waals surface area (Å²) in [5, 5.41) is 1.19. The zero-order valence-electron chi connectivity index (χ0n) is 7.63. The monoisotopic (exact) mass is 234 g/mol. The molecule has 1 unspecified atom stereocenters. The standard InChI is InChI=1S/C6H18O2Si4/c1-2-8-5(3-7-1)6-11-9-4-10-12-6/h5-6H,1-4,9-12H2. The van der Waals surface area contributed by atoms with Gasteiger partial charge in [0.05, 0.1) is 25.9 Å². The van der Waals surface area contributed by atoms with Gasteiger partial charge in [-0.15, -0.1) is 0 Å². The summed E-state index contributed by atoms with van der Waals surface area (Å²) in [6.07, 6.45) is 0.609. The van der Waals surface area contributed by atoms with E-state index in [9.17, 15) is 0 Å². The maximum absolute atomic E-state index is 5.81. The molecule has 0 aliphatic carbocycles. The molecular formula is C6H18O2Si4. The Morgan fingerprint density at radius 2 is 1.92 bits per heavy atom. The quantitative estimate of drug-likeness (QED) is 0.452. The van der Waals surface area contributed by atoms with Crippen molar-refractivity contribution >= 4 is 36.1 Å². The van der Waals surface area contributed by atoms with Gasteiger partial charge in [0.1, 0.15) is 0 Å². The van der Waals surface area contributed by atoms with Crippen LogP contribution in [0.4, 0.5) is 0 Å². The molecule has 0 radical (unpaired) electrons. The summed E-state index contributed by atoms with van der Waals surface area (Å²) in [6, 6.07) is 0. The van der Waals surface area contributed by atoms with E-state index in [4.69, 9.17) is 9.47 Å². The van der Waals surface area contributed by atoms with E-state index >= 15 is 0 Å². The van der Waals surface area contributed by atoms with E-state index in [-0.39, 0.29) is 0 Å². The van der Waals surface area contributed by atoms with Crippen molar-refractivity contribution in [3.8, 4) is 0 Å². The predicted molar refractivity (Wildman–Crippen MR) is 63.3 cm³/mol. The second-order valence-corrected chi connectivity index (χ2v) is 20.2. The maximum atomic E-state index is 5.81. The zero-order valence-corrected chi connectivity index (χ0v) is 13.3. The number of hydrogen-bond donors (Lipinski definition) is 0. The first-order chi connectivity index (χ1) is 5.97. The zero-order chi connectivity index (χ0) is 8.23. The van der Waals surface area contributed by atoms with Crippen LogP contribution < -0.4 is 0 Å². The molecule has 70 valence electrons. The molecule has 0 amide bonds. The largest absolute Gasteiger partial charge is 0.376 e. The lowest BCUT2D eigenvalue weighted by Gasteiger charge is -2.32. The smallest absolute Gasteiger partial charge is 0.0776 e. The fourth-order valence-electron chi connectivity index (χ4n) is 2.28. The third-order valence-corrected chi connectivity index (χ3v) is 33.6. The molecule has 2 nitrogen and oxygen atoms in total. The molecule has 6 heteroatoms. The lowest BCUT2D eigenvalue weighted by molar-refractivity contribution is -0.0831. The van der Waals surface area contributed by atoms with Crippen LogP contribution in [-0.2, 0) is 9.47 Å². The highest BCUT2D eigenvalue weighted by Crippen LogP contribution is 2.17. The first-order valence-electron chi connectivity index (χ1n) is 5.16. The molecule has 0 aromatic heterocycles. The van der Waals surface area contributed by atoms with Crippen LogP contribution in [0.5, 0.6) is 0 Å². The van der Waals surface area contributed by atoms with Crippen molar-refractivity contribution in [2.75, 3.05) is 19.8 Å². The summed E-state index contributed by atoms with van der Waals surface area (Å²) < 4.78 is 11.3. The van der Waals surface area contributed by atoms with Crippen molar-refractivity contribution in [1.82, 2.24) is 0 Å². The molecule has 0 aromatic carbocycles. The normalized spacial score (nSPS) is 46.0. The minimum absolute atomic E-state index is 0.408. The molecule has 0 N–H and O–H groups in total. The molecule has 2 aliphatic heterocycles. The number of hydrogen-bond acceptors (Lipinski definition) is 2. The number of ether oxygens (including phenoxy) is 2. The predicted octanol–water partition coefficient (Wildman–Crippen LogP) is -2.96. The molecule has 0 bridgehead atoms. The Morgan fingerprint density at radius 1 is 1.08 bits per heavy atom. The fraction of sp³-hybridized carbons (Fsp3) is 1.00. The first kappa shape index (κ1) is 9.35. The van der Waals surface area contributed by atoms with Gasteiger partial charge in [0, 0.05) is 36.1 Å². The van der Waals surface area contributed by atoms with E-state index in [1.54, 1.807) is 0 Å². The topological polar surface area (TPSA) is 18.5 Å². The lowest BCUT2D eigenvalue weighted by Crippen LogP contribution is -2.42. The van der Waals surface area contributed by atoms with Gasteiger partial charge in [0.2, 0.25) is 0 Å². The molecule has 1 atom stereocenters. The number of rotatable bonds is 1. The molecule has 2 saturated heterocycles. The van der Waals surface area contributed by atoms with Gasteiger partial charge in [-0.2, -0.15) is 0 Å². The molecule has 0 saturated carbocycles. The summed E-state index contributed by atoms with van der Waals surface area (Å²) in [4.78, 5) is 0. The lowest BCUT2D eigenvalue weighted by atomic mass is 10.4. The Balaban J connectivity index is 1.80. The van der Waals surface area contributed by atoms with Crippen molar-refractivity contribution in [2.45, 2.75) is 16.9 Å². The van der Waals surface area contributed by atoms with Gasteiger partial charge in [0.15, 0.2) is 0 Å². The van der Waals surface area contributed by atoms with Crippen LogP contribution in [0.25, 0.3) is 0 Å². The maximum Gasteiger partial charge on any atom is 0.0776 e. The third-order valence-electron chi connectivity index (χ3n) is 3.02. The van der Waals surface area contributed by atoms with E-state index in [1.165, 1.54) is 5.16 Å². The van der Waals surface area contributed by atoms with Crippen molar-refractivity contribution in [3.05, 3.63) is 0 Å². The van der Waals surface area contributed by atoms with Gasteiger partial charge < -0.3 is 9.47 Å². The van der Waals surface area contributed by atoms with Gasteiger partial charge in [0.25, 0.3) is 0 Å². The molecule has 2 fully saturated rings. The molecule has 2 heterocycles. The van der Waals surface area contributed by atoms with Crippen LogP contribution in [0.2, 0.25) is 10.8 Å². The first-order valence-corrected chi connectivity index (χ1v) is 16.8. The van der Waals surface area contributed by atoms with Crippen molar-refractivity contribution in [1.29, 1.82) is 0 Å². The molecule has 0 spiro atoms. The summed E-state index contributed by atoms with van der Waals surface area (Å²) in [5.41, 5.74) is 1.82. The van der Waals surface area contributed by atoms with Crippen molar-refractivity contribution in [2.24, 2.45) is 0 Å². The Hall–Kier alpha value is 0.788. The second-order valence-electron chi connectivity index (χ2n) is 3.88. The van der Waals surface area contributed by atoms with Crippen LogP contribution in [0, 0.1) is 0 Å². The van der Waals surface area contributed by atoms with E-state index < -0.39 is 0 Å². The van der Waals surface area contributed by atoms with Gasteiger partial charge in [-0.1, -0.05) is 5.67 Å². The van der Waals surface area contributed by atoms with E-state index in [1.807, 2.05) is 5.67 Å². The van der Waals surface area contributed by atoms with Gasteiger partial charge in [-0.3, -0.25) is 0 Å². The van der Waals surface area contributed by atoms with Crippen LogP contribution in [-0.4, -0.2) is 62.1 Å². The Bertz CT molecular complexity index is 118. The highest BCUT2D eigenvalue weighted by Gasteiger charge is 2.26. The summed E-state index contributed by atoms with van der Waals surface area (Å²) in [7, 11) is 1.85. The Morgan fingerprint density at radius 3 is 2.58 bits per heavy atom. The molecular weight excluding hydrogens is 216 g/mol. The van der Waals surface area contributed by atoms with Crippen LogP contribution in [0.3, 0.4) is 0 Å². The second kappa shape index (κ2) is 4.87. The summed E-state index contributed by atoms with van der Waals surface area (Å²) in [5.74, 6) is 0. The van der Waals surface area contributed by atoms with Gasteiger partial charge in [-0.05, 0) is 5.16 Å². The van der Waals surface area contributed by atoms with Crippen LogP contribution in [0.1, 0.15) is 0 Å². The van der Waals surface area contributed by atoms with Gasteiger partial charge in [-0.25, -0.2) is 0 Å². The van der Waals surface area contributed by atoms with Gasteiger partial charge >= 0.3 is 0 Å². The molecule has 0 aromatic rings. The summed E-state index contributed by atoms with van der Waals surface area (Å²) >= 11 is 0. The molecule has 12 heavy (non-hydrogen) atoms. The minimum atomic E-state index is 0.408. The summed E-state index contributed by atoms with van der Waals surface area (Å²) in [6.45, 7) is 2.68. The Labute approximate surface area is 82.7 Å². The third kappa shape index (κ3) is 2.39. The van der Waals surface area contributed by atoms with Crippen molar-refractivity contribution < 1.29 is 9.47 Å². The highest BCUT2D eigenvalue weighted by molar-refractivity contribution is 7.21. The molecule has 2 rings (SSSR count). The van der Waals surface area contributed by atoms with E-state index in [2.05, 4.69) is 0 Å². The van der Waals surface area contributed by atoms with Crippen molar-refractivity contribution in [3.63, 3.8) is 0 Å². The van der Waals surface area contributed by atoms with Crippen LogP contribution in [0.15, 0.2) is 0 Å². The fourth-order valence-corrected chi connectivity index (χ4v) is 48.4. The van der Waals surface area contributed by atoms with E-state index in [0.29, 0.717) is 42.3 Å². The Kier molecular flexibility index (Phi) is 3.79. The average Bonchev–Trinajstić information content (AvgIpc) is 2.21. The van der Waals surface area contributed by atoms with Crippen LogP contribution >= 0.6 is 0 Å². The SMILES string of the molecule is C1COC(C2[SiH2][SiH2]C[SiH2][SiH2]2)CO1.